The van der Waals surface area contributed by atoms with Gasteiger partial charge in [0.1, 0.15) is 28.7 Å². The van der Waals surface area contributed by atoms with Crippen LogP contribution in [0.1, 0.15) is 55.3 Å². The number of fused-ring (bicyclic) bond motifs is 2. The molecule has 0 amide bonds. The second kappa shape index (κ2) is 11.2. The van der Waals surface area contributed by atoms with Crippen LogP contribution in [0, 0.1) is 17.7 Å². The van der Waals surface area contributed by atoms with Crippen molar-refractivity contribution in [3.05, 3.63) is 72.0 Å². The molecular formula is C34H37FN2O6S. The largest absolute Gasteiger partial charge is 0.490 e. The number of aromatic carboxylic acids is 1. The topological polar surface area (TPSA) is 96.4 Å². The van der Waals surface area contributed by atoms with Gasteiger partial charge in [-0.2, -0.15) is 4.31 Å². The summed E-state index contributed by atoms with van der Waals surface area (Å²) in [6.07, 6.45) is 7.08. The first-order chi connectivity index (χ1) is 21.1. The molecule has 1 N–H and O–H groups in total. The molecule has 2 saturated carbocycles. The van der Waals surface area contributed by atoms with E-state index in [1.54, 1.807) is 19.2 Å². The summed E-state index contributed by atoms with van der Waals surface area (Å²) < 4.78 is 57.5. The van der Waals surface area contributed by atoms with Gasteiger partial charge < -0.3 is 19.5 Å². The standard InChI is InChI=1S/C34H37FN2O6S/c1-36-30(23-8-4-2-5-9-23)19-37(25-10-6-3-7-11-25)29-16-31(42-21-34-17-22(18-34)20-43-34)26(15-32(29)44(36,40)41)24-12-13-28(35)27(14-24)33(38)39/h3,6-7,10-16,22-23,30H,2,4-5,8-9,17-21H2,1H3,(H,38,39)/t22?,30-,34?/m0/s1. The predicted molar refractivity (Wildman–Crippen MR) is 164 cm³/mol. The van der Waals surface area contributed by atoms with Crippen LogP contribution in [-0.4, -0.2) is 62.2 Å². The van der Waals surface area contributed by atoms with E-state index in [2.05, 4.69) is 4.90 Å². The lowest BCUT2D eigenvalue weighted by molar-refractivity contribution is -0.0356. The zero-order valence-corrected chi connectivity index (χ0v) is 25.6. The molecule has 0 aromatic heterocycles. The van der Waals surface area contributed by atoms with Gasteiger partial charge in [0.2, 0.25) is 10.0 Å². The van der Waals surface area contributed by atoms with Crippen LogP contribution in [0.5, 0.6) is 5.75 Å². The Hall–Kier alpha value is -3.47. The Morgan fingerprint density at radius 2 is 1.82 bits per heavy atom. The molecule has 0 radical (unpaired) electrons. The van der Waals surface area contributed by atoms with Gasteiger partial charge >= 0.3 is 5.97 Å². The minimum absolute atomic E-state index is 0.102. The molecule has 0 unspecified atom stereocenters. The number of hydrogen-bond donors (Lipinski definition) is 1. The fraction of sp³-hybridized carbons (Fsp3) is 0.441. The summed E-state index contributed by atoms with van der Waals surface area (Å²) in [6, 6.07) is 16.7. The molecule has 1 atom stereocenters. The van der Waals surface area contributed by atoms with Gasteiger partial charge in [0.15, 0.2) is 0 Å². The maximum Gasteiger partial charge on any atom is 0.338 e. The number of nitrogens with zero attached hydrogens (tertiary/aromatic N) is 2. The van der Waals surface area contributed by atoms with Gasteiger partial charge in [-0.1, -0.05) is 43.5 Å². The van der Waals surface area contributed by atoms with E-state index in [1.807, 2.05) is 30.3 Å². The minimum Gasteiger partial charge on any atom is -0.490 e. The Balaban J connectivity index is 1.41. The summed E-state index contributed by atoms with van der Waals surface area (Å²) in [5.41, 5.74) is 1.24. The van der Waals surface area contributed by atoms with Gasteiger partial charge in [-0.15, -0.1) is 0 Å². The van der Waals surface area contributed by atoms with Crippen molar-refractivity contribution in [1.82, 2.24) is 4.31 Å². The molecule has 2 saturated heterocycles. The van der Waals surface area contributed by atoms with E-state index in [0.717, 1.165) is 56.7 Å². The molecule has 232 valence electrons. The number of benzene rings is 3. The number of para-hydroxylation sites is 1. The highest BCUT2D eigenvalue weighted by Gasteiger charge is 2.52. The summed E-state index contributed by atoms with van der Waals surface area (Å²) in [5, 5.41) is 9.66. The molecule has 0 spiro atoms. The normalized spacial score (nSPS) is 26.5. The SMILES string of the molecule is CN1[C@H](C2CCCCC2)CN(c2ccccc2)c2cc(OCC34CC(CO3)C4)c(-c3ccc(F)c(C(=O)O)c3)cc2S1(=O)=O. The third kappa shape index (κ3) is 5.06. The van der Waals surface area contributed by atoms with Gasteiger partial charge in [0.05, 0.1) is 17.9 Å². The van der Waals surface area contributed by atoms with E-state index in [4.69, 9.17) is 9.47 Å². The average molecular weight is 621 g/mol. The summed E-state index contributed by atoms with van der Waals surface area (Å²) in [4.78, 5) is 14.0. The van der Waals surface area contributed by atoms with Crippen LogP contribution in [0.2, 0.25) is 0 Å². The second-order valence-corrected chi connectivity index (χ2v) is 14.8. The highest BCUT2D eigenvalue weighted by atomic mass is 32.2. The Bertz CT molecular complexity index is 1680. The first-order valence-electron chi connectivity index (χ1n) is 15.4. The second-order valence-electron chi connectivity index (χ2n) is 12.8. The zero-order valence-electron chi connectivity index (χ0n) is 24.7. The van der Waals surface area contributed by atoms with Crippen LogP contribution in [-0.2, 0) is 14.8 Å². The van der Waals surface area contributed by atoms with Crippen molar-refractivity contribution in [2.45, 2.75) is 61.5 Å². The number of carboxylic acid groups (broad SMARTS) is 1. The van der Waals surface area contributed by atoms with Crippen molar-refractivity contribution in [3.8, 4) is 16.9 Å². The fourth-order valence-corrected chi connectivity index (χ4v) is 9.22. The molecule has 2 aliphatic carbocycles. The fourth-order valence-electron chi connectivity index (χ4n) is 7.61. The van der Waals surface area contributed by atoms with Crippen molar-refractivity contribution in [3.63, 3.8) is 0 Å². The maximum atomic E-state index is 14.5. The Morgan fingerprint density at radius 3 is 2.50 bits per heavy atom. The minimum atomic E-state index is -3.99. The van der Waals surface area contributed by atoms with Crippen molar-refractivity contribution in [1.29, 1.82) is 0 Å². The van der Waals surface area contributed by atoms with Crippen LogP contribution in [0.4, 0.5) is 15.8 Å². The molecular weight excluding hydrogens is 583 g/mol. The lowest BCUT2D eigenvalue weighted by Crippen LogP contribution is -2.46. The van der Waals surface area contributed by atoms with Gasteiger partial charge in [0, 0.05) is 37.0 Å². The highest BCUT2D eigenvalue weighted by Crippen LogP contribution is 2.50. The molecule has 2 bridgehead atoms. The Labute approximate surface area is 257 Å². The number of anilines is 2. The molecule has 3 aromatic carbocycles. The number of rotatable bonds is 7. The summed E-state index contributed by atoms with van der Waals surface area (Å²) in [7, 11) is -2.32. The number of carbonyl (C=O) groups is 1. The van der Waals surface area contributed by atoms with Crippen LogP contribution in [0.25, 0.3) is 11.1 Å². The average Bonchev–Trinajstić information content (AvgIpc) is 3.61. The number of hydrogen-bond acceptors (Lipinski definition) is 6. The quantitative estimate of drug-likeness (QED) is 0.324. The predicted octanol–water partition coefficient (Wildman–Crippen LogP) is 6.47. The lowest BCUT2D eigenvalue weighted by atomic mass is 9.75. The lowest BCUT2D eigenvalue weighted by Gasteiger charge is -2.37. The van der Waals surface area contributed by atoms with Crippen molar-refractivity contribution >= 4 is 27.4 Å². The van der Waals surface area contributed by atoms with Crippen LogP contribution in [0.3, 0.4) is 0 Å². The van der Waals surface area contributed by atoms with E-state index in [0.29, 0.717) is 41.6 Å². The molecule has 3 aliphatic heterocycles. The molecule has 8 rings (SSSR count). The smallest absolute Gasteiger partial charge is 0.338 e. The van der Waals surface area contributed by atoms with Gasteiger partial charge in [-0.3, -0.25) is 0 Å². The van der Waals surface area contributed by atoms with Gasteiger partial charge in [0.25, 0.3) is 0 Å². The number of carboxylic acids is 1. The summed E-state index contributed by atoms with van der Waals surface area (Å²) in [5.74, 6) is -1.12. The molecule has 3 aromatic rings. The van der Waals surface area contributed by atoms with Crippen molar-refractivity contribution in [2.24, 2.45) is 11.8 Å². The molecule has 3 heterocycles. The van der Waals surface area contributed by atoms with Gasteiger partial charge in [-0.25, -0.2) is 17.6 Å². The first-order valence-corrected chi connectivity index (χ1v) is 16.9. The van der Waals surface area contributed by atoms with Crippen LogP contribution in [0.15, 0.2) is 65.6 Å². The zero-order chi connectivity index (χ0) is 30.6. The molecule has 5 aliphatic rings. The van der Waals surface area contributed by atoms with E-state index in [-0.39, 0.29) is 29.1 Å². The summed E-state index contributed by atoms with van der Waals surface area (Å²) >= 11 is 0. The number of ether oxygens (including phenoxy) is 2. The van der Waals surface area contributed by atoms with Crippen molar-refractivity contribution in [2.75, 3.05) is 31.7 Å². The first kappa shape index (κ1) is 29.3. The third-order valence-corrected chi connectivity index (χ3v) is 12.0. The molecule has 44 heavy (non-hydrogen) atoms. The molecule has 4 fully saturated rings. The van der Waals surface area contributed by atoms with Crippen LogP contribution >= 0.6 is 0 Å². The monoisotopic (exact) mass is 620 g/mol. The van der Waals surface area contributed by atoms with Gasteiger partial charge in [-0.05, 0) is 73.4 Å². The third-order valence-electron chi connectivity index (χ3n) is 10.1. The number of sulfonamides is 1. The molecule has 10 heteroatoms. The van der Waals surface area contributed by atoms with Crippen LogP contribution < -0.4 is 9.64 Å². The van der Waals surface area contributed by atoms with E-state index < -0.39 is 27.4 Å². The van der Waals surface area contributed by atoms with Crippen molar-refractivity contribution < 1.29 is 32.2 Å². The molecule has 8 nitrogen and oxygen atoms in total. The Morgan fingerprint density at radius 1 is 1.07 bits per heavy atom. The number of halogens is 1. The Kier molecular flexibility index (Phi) is 7.42. The maximum absolute atomic E-state index is 14.5. The van der Waals surface area contributed by atoms with E-state index >= 15 is 0 Å². The number of likely N-dealkylation sites (N-methyl/N-ethyl adjacent to an activating group) is 1. The highest BCUT2D eigenvalue weighted by molar-refractivity contribution is 7.89. The van der Waals surface area contributed by atoms with E-state index in [9.17, 15) is 22.7 Å². The summed E-state index contributed by atoms with van der Waals surface area (Å²) in [6.45, 7) is 1.46. The van der Waals surface area contributed by atoms with E-state index in [1.165, 1.54) is 16.4 Å².